The molecule has 17 heteroatoms. The second-order valence-electron chi connectivity index (χ2n) is 10.5. The molecule has 45 heavy (non-hydrogen) atoms. The number of hydrogen-bond donors (Lipinski definition) is 4. The normalized spacial score (nSPS) is 18.4. The predicted octanol–water partition coefficient (Wildman–Crippen LogP) is 3.09. The Hall–Kier alpha value is -4.03. The fourth-order valence-corrected chi connectivity index (χ4v) is 7.11. The van der Waals surface area contributed by atoms with Crippen molar-refractivity contribution in [1.29, 1.82) is 0 Å². The van der Waals surface area contributed by atoms with Crippen LogP contribution in [0.25, 0.3) is 5.57 Å². The van der Waals surface area contributed by atoms with E-state index in [4.69, 9.17) is 11.6 Å². The van der Waals surface area contributed by atoms with E-state index in [1.54, 1.807) is 49.8 Å². The topological polar surface area (TPSA) is 173 Å². The number of pyridine rings is 1. The van der Waals surface area contributed by atoms with Gasteiger partial charge in [-0.3, -0.25) is 10.0 Å². The van der Waals surface area contributed by atoms with Crippen LogP contribution in [0.1, 0.15) is 50.4 Å². The summed E-state index contributed by atoms with van der Waals surface area (Å²) in [6, 6.07) is 5.69. The SMILES string of the molecule is CCCC(=C\[C@H](C)NS(=O)(=O)N[C@H]1CC2=C(c3ccn(C(F)F)n3)CN=C(c3nccs3)N2C1)/C(N)=C/N(N)c1ccccn1. The Bertz CT molecular complexity index is 1700. The second kappa shape index (κ2) is 13.9. The molecule has 2 aliphatic heterocycles. The number of fused-ring (bicyclic) bond motifs is 1. The molecule has 5 heterocycles. The van der Waals surface area contributed by atoms with Crippen molar-refractivity contribution in [2.75, 3.05) is 18.1 Å². The number of rotatable bonds is 13. The van der Waals surface area contributed by atoms with Crippen LogP contribution in [0.3, 0.4) is 0 Å². The average molecular weight is 660 g/mol. The smallest absolute Gasteiger partial charge is 0.333 e. The first-order valence-electron chi connectivity index (χ1n) is 14.2. The third-order valence-corrected chi connectivity index (χ3v) is 9.19. The Morgan fingerprint density at radius 1 is 1.27 bits per heavy atom. The van der Waals surface area contributed by atoms with Crippen LogP contribution < -0.4 is 26.0 Å². The largest absolute Gasteiger partial charge is 0.397 e. The van der Waals surface area contributed by atoms with Crippen molar-refractivity contribution >= 4 is 38.8 Å². The van der Waals surface area contributed by atoms with Crippen molar-refractivity contribution in [3.8, 4) is 0 Å². The minimum absolute atomic E-state index is 0.205. The number of amidine groups is 1. The fraction of sp³-hybridized carbons (Fsp3) is 0.357. The lowest BCUT2D eigenvalue weighted by Gasteiger charge is -2.27. The quantitative estimate of drug-likeness (QED) is 0.122. The molecule has 5 rings (SSSR count). The molecule has 2 atom stereocenters. The highest BCUT2D eigenvalue weighted by Gasteiger charge is 2.38. The summed E-state index contributed by atoms with van der Waals surface area (Å²) in [7, 11) is -3.99. The number of nitrogens with two attached hydrogens (primary N) is 2. The van der Waals surface area contributed by atoms with E-state index in [1.165, 1.54) is 28.6 Å². The maximum atomic E-state index is 13.3. The maximum absolute atomic E-state index is 13.3. The van der Waals surface area contributed by atoms with Crippen LogP contribution in [0.5, 0.6) is 0 Å². The number of allylic oxidation sites excluding steroid dienone is 1. The zero-order valence-corrected chi connectivity index (χ0v) is 26.3. The van der Waals surface area contributed by atoms with Crippen molar-refractivity contribution in [1.82, 2.24) is 34.1 Å². The first-order valence-corrected chi connectivity index (χ1v) is 16.6. The van der Waals surface area contributed by atoms with Gasteiger partial charge in [-0.1, -0.05) is 25.5 Å². The monoisotopic (exact) mass is 659 g/mol. The molecular formula is C28H35F2N11O2S2. The number of alkyl halides is 2. The summed E-state index contributed by atoms with van der Waals surface area (Å²) in [6.45, 7) is 1.41. The van der Waals surface area contributed by atoms with E-state index in [1.807, 2.05) is 17.2 Å². The molecule has 3 aromatic heterocycles. The third-order valence-electron chi connectivity index (χ3n) is 7.10. The molecule has 6 N–H and O–H groups in total. The van der Waals surface area contributed by atoms with E-state index in [2.05, 4.69) is 29.5 Å². The van der Waals surface area contributed by atoms with E-state index in [0.717, 1.165) is 17.7 Å². The molecule has 240 valence electrons. The van der Waals surface area contributed by atoms with Crippen LogP contribution in [-0.2, 0) is 10.2 Å². The molecule has 0 radical (unpaired) electrons. The molecule has 1 saturated heterocycles. The van der Waals surface area contributed by atoms with Crippen molar-refractivity contribution in [3.63, 3.8) is 0 Å². The van der Waals surface area contributed by atoms with Gasteiger partial charge >= 0.3 is 6.55 Å². The van der Waals surface area contributed by atoms with Gasteiger partial charge in [-0.25, -0.2) is 20.5 Å². The van der Waals surface area contributed by atoms with Gasteiger partial charge in [0.2, 0.25) is 0 Å². The van der Waals surface area contributed by atoms with Crippen LogP contribution in [0.15, 0.2) is 82.5 Å². The minimum atomic E-state index is -3.99. The zero-order chi connectivity index (χ0) is 32.1. The number of aromatic nitrogens is 4. The minimum Gasteiger partial charge on any atom is -0.397 e. The molecule has 13 nitrogen and oxygen atoms in total. The Balaban J connectivity index is 1.32. The molecule has 0 aromatic carbocycles. The summed E-state index contributed by atoms with van der Waals surface area (Å²) in [5.41, 5.74) is 9.27. The average Bonchev–Trinajstić information content (AvgIpc) is 3.78. The van der Waals surface area contributed by atoms with E-state index in [9.17, 15) is 17.2 Å². The summed E-state index contributed by atoms with van der Waals surface area (Å²) < 4.78 is 59.1. The van der Waals surface area contributed by atoms with Crippen LogP contribution in [0.4, 0.5) is 14.6 Å². The van der Waals surface area contributed by atoms with Gasteiger partial charge in [-0.15, -0.1) is 11.3 Å². The Morgan fingerprint density at radius 2 is 2.09 bits per heavy atom. The molecule has 0 spiro atoms. The van der Waals surface area contributed by atoms with Crippen molar-refractivity contribution in [2.45, 2.75) is 51.7 Å². The first-order chi connectivity index (χ1) is 21.5. The number of thiazole rings is 1. The molecule has 1 fully saturated rings. The Labute approximate surface area is 264 Å². The number of halogens is 2. The number of anilines is 1. The number of nitrogens with one attached hydrogen (secondary N) is 2. The number of hydrazine groups is 1. The Kier molecular flexibility index (Phi) is 10.0. The highest BCUT2D eigenvalue weighted by molar-refractivity contribution is 7.87. The lowest BCUT2D eigenvalue weighted by Crippen LogP contribution is -2.46. The summed E-state index contributed by atoms with van der Waals surface area (Å²) in [5, 5.41) is 7.85. The van der Waals surface area contributed by atoms with Gasteiger partial charge in [0.1, 0.15) is 5.82 Å². The molecule has 2 aliphatic rings. The van der Waals surface area contributed by atoms with Crippen LogP contribution in [-0.4, -0.2) is 64.1 Å². The van der Waals surface area contributed by atoms with E-state index >= 15 is 0 Å². The van der Waals surface area contributed by atoms with Gasteiger partial charge in [0.15, 0.2) is 10.8 Å². The van der Waals surface area contributed by atoms with Crippen molar-refractivity contribution < 1.29 is 17.2 Å². The number of aliphatic imine (C=N–C) groups is 1. The van der Waals surface area contributed by atoms with Crippen molar-refractivity contribution in [2.24, 2.45) is 16.6 Å². The van der Waals surface area contributed by atoms with Gasteiger partial charge in [0, 0.05) is 66.5 Å². The highest BCUT2D eigenvalue weighted by Crippen LogP contribution is 2.35. The lowest BCUT2D eigenvalue weighted by molar-refractivity contribution is 0.0564. The van der Waals surface area contributed by atoms with Crippen LogP contribution in [0.2, 0.25) is 0 Å². The fourth-order valence-electron chi connectivity index (χ4n) is 5.23. The predicted molar refractivity (Wildman–Crippen MR) is 170 cm³/mol. The second-order valence-corrected chi connectivity index (χ2v) is 12.9. The molecule has 0 bridgehead atoms. The van der Waals surface area contributed by atoms with Gasteiger partial charge < -0.3 is 10.6 Å². The highest BCUT2D eigenvalue weighted by atomic mass is 32.2. The van der Waals surface area contributed by atoms with Gasteiger partial charge in [0.05, 0.1) is 17.9 Å². The van der Waals surface area contributed by atoms with Gasteiger partial charge in [-0.2, -0.15) is 31.7 Å². The molecule has 3 aromatic rings. The number of nitrogens with zero attached hydrogens (tertiary/aromatic N) is 7. The molecule has 0 amide bonds. The molecule has 0 aliphatic carbocycles. The first kappa shape index (κ1) is 32.4. The molecule has 0 saturated carbocycles. The van der Waals surface area contributed by atoms with E-state index < -0.39 is 28.8 Å². The summed E-state index contributed by atoms with van der Waals surface area (Å²) in [5.74, 6) is 7.22. The summed E-state index contributed by atoms with van der Waals surface area (Å²) in [6.07, 6.45) is 9.49. The molecular weight excluding hydrogens is 625 g/mol. The lowest BCUT2D eigenvalue weighted by atomic mass is 10.1. The zero-order valence-electron chi connectivity index (χ0n) is 24.7. The van der Waals surface area contributed by atoms with Crippen LogP contribution in [0, 0.1) is 0 Å². The maximum Gasteiger partial charge on any atom is 0.333 e. The number of hydrogen-bond acceptors (Lipinski definition) is 11. The summed E-state index contributed by atoms with van der Waals surface area (Å²) in [4.78, 5) is 15.1. The molecule has 0 unspecified atom stereocenters. The van der Waals surface area contributed by atoms with Gasteiger partial charge in [0.25, 0.3) is 10.2 Å². The van der Waals surface area contributed by atoms with E-state index in [-0.39, 0.29) is 13.1 Å². The third kappa shape index (κ3) is 7.80. The van der Waals surface area contributed by atoms with Crippen molar-refractivity contribution in [3.05, 3.63) is 88.2 Å². The summed E-state index contributed by atoms with van der Waals surface area (Å²) >= 11 is 1.41. The Morgan fingerprint density at radius 3 is 2.76 bits per heavy atom. The van der Waals surface area contributed by atoms with E-state index in [0.29, 0.717) is 51.1 Å². The van der Waals surface area contributed by atoms with Crippen LogP contribution >= 0.6 is 11.3 Å². The standard InChI is InChI=1S/C28H35F2N11O2S2/c1-3-6-19(22(31)17-40(32)25-7-4-5-9-33-25)13-18(2)37-45(42,43)38-20-14-24-21(23-8-11-41(36-23)28(29)30)15-35-26(39(24)16-20)27-34-10-12-44-27/h4-5,7-13,17-18,20,28,37-38H,3,6,14-16,31-32H2,1-2H3/b19-13+,22-17-/t18-,20-/m0/s1. The van der Waals surface area contributed by atoms with Gasteiger partial charge in [-0.05, 0) is 37.1 Å².